The Hall–Kier alpha value is -2.86. The van der Waals surface area contributed by atoms with Crippen LogP contribution in [0.15, 0.2) is 48.5 Å². The molecule has 2 aromatic carbocycles. The highest BCUT2D eigenvalue weighted by Gasteiger charge is 2.26. The topological polar surface area (TPSA) is 71.9 Å². The molecule has 1 fully saturated rings. The van der Waals surface area contributed by atoms with E-state index < -0.39 is 0 Å². The predicted molar refractivity (Wildman–Crippen MR) is 119 cm³/mol. The third-order valence-electron chi connectivity index (χ3n) is 5.34. The Morgan fingerprint density at radius 1 is 0.933 bits per heavy atom. The Morgan fingerprint density at radius 2 is 1.50 bits per heavy atom. The van der Waals surface area contributed by atoms with Crippen molar-refractivity contribution >= 4 is 23.2 Å². The molecule has 0 aliphatic carbocycles. The summed E-state index contributed by atoms with van der Waals surface area (Å²) in [5.41, 5.74) is 1.94. The van der Waals surface area contributed by atoms with Crippen molar-refractivity contribution in [2.24, 2.45) is 11.8 Å². The number of anilines is 2. The van der Waals surface area contributed by atoms with Gasteiger partial charge >= 0.3 is 0 Å². The molecular weight excluding hydrogens is 378 g/mol. The number of rotatable bonds is 7. The van der Waals surface area contributed by atoms with Crippen LogP contribution < -0.4 is 20.3 Å². The molecule has 2 aromatic rings. The van der Waals surface area contributed by atoms with Gasteiger partial charge in [0.05, 0.1) is 19.7 Å². The van der Waals surface area contributed by atoms with Crippen molar-refractivity contribution in [3.05, 3.63) is 54.1 Å². The number of ether oxygens (including phenoxy) is 1. The van der Waals surface area contributed by atoms with Crippen LogP contribution in [0.4, 0.5) is 11.4 Å². The number of piperidine rings is 1. The zero-order valence-corrected chi connectivity index (χ0v) is 18.0. The Balaban J connectivity index is 1.51. The number of hydrogen-bond donors (Lipinski definition) is 3. The van der Waals surface area contributed by atoms with Gasteiger partial charge in [0.25, 0.3) is 11.8 Å². The standard InChI is InChI=1S/C24H31N3O3/c1-4-30-22-11-9-21(10-12-22)26-24(29)19-5-7-20(8-6-19)25-23(28)16-27-14-17(2)13-18(3)15-27/h5-12,17-18H,4,13-16H2,1-3H3,(H,25,28)(H,26,29)/p+1/t17-,18-/m0/s1. The highest BCUT2D eigenvalue weighted by atomic mass is 16.5. The SMILES string of the molecule is CCOc1ccc(NC(=O)c2ccc(NC(=O)C[NH+]3C[C@@H](C)C[C@H](C)C3)cc2)cc1. The average molecular weight is 411 g/mol. The van der Waals surface area contributed by atoms with Gasteiger partial charge in [0, 0.05) is 28.8 Å². The lowest BCUT2D eigenvalue weighted by atomic mass is 9.92. The maximum Gasteiger partial charge on any atom is 0.279 e. The van der Waals surface area contributed by atoms with Crippen LogP contribution in [0.25, 0.3) is 0 Å². The molecule has 3 N–H and O–H groups in total. The summed E-state index contributed by atoms with van der Waals surface area (Å²) in [4.78, 5) is 26.2. The van der Waals surface area contributed by atoms with Gasteiger partial charge in [0.1, 0.15) is 5.75 Å². The third-order valence-corrected chi connectivity index (χ3v) is 5.34. The zero-order valence-electron chi connectivity index (χ0n) is 18.0. The van der Waals surface area contributed by atoms with Crippen LogP contribution in [-0.4, -0.2) is 38.1 Å². The molecular formula is C24H32N3O3+. The van der Waals surface area contributed by atoms with Crippen LogP contribution in [0.3, 0.4) is 0 Å². The Labute approximate surface area is 178 Å². The van der Waals surface area contributed by atoms with Crippen LogP contribution in [0.5, 0.6) is 5.75 Å². The van der Waals surface area contributed by atoms with Crippen molar-refractivity contribution in [2.75, 3.05) is 36.9 Å². The molecule has 1 aliphatic rings. The van der Waals surface area contributed by atoms with E-state index in [2.05, 4.69) is 24.5 Å². The Morgan fingerprint density at radius 3 is 2.10 bits per heavy atom. The lowest BCUT2D eigenvalue weighted by Gasteiger charge is -2.31. The molecule has 3 rings (SSSR count). The predicted octanol–water partition coefficient (Wildman–Crippen LogP) is 2.84. The van der Waals surface area contributed by atoms with Crippen molar-refractivity contribution in [1.29, 1.82) is 0 Å². The summed E-state index contributed by atoms with van der Waals surface area (Å²) in [6, 6.07) is 14.2. The van der Waals surface area contributed by atoms with E-state index in [4.69, 9.17) is 4.74 Å². The summed E-state index contributed by atoms with van der Waals surface area (Å²) >= 11 is 0. The minimum absolute atomic E-state index is 0.0119. The molecule has 0 unspecified atom stereocenters. The van der Waals surface area contributed by atoms with E-state index in [1.807, 2.05) is 31.2 Å². The van der Waals surface area contributed by atoms with Gasteiger partial charge in [-0.3, -0.25) is 9.59 Å². The highest BCUT2D eigenvalue weighted by molar-refractivity contribution is 6.04. The molecule has 6 heteroatoms. The molecule has 1 aliphatic heterocycles. The molecule has 0 bridgehead atoms. The minimum Gasteiger partial charge on any atom is -0.494 e. The van der Waals surface area contributed by atoms with E-state index in [0.717, 1.165) is 18.8 Å². The number of amides is 2. The maximum atomic E-state index is 12.4. The van der Waals surface area contributed by atoms with Gasteiger partial charge in [0.2, 0.25) is 0 Å². The largest absolute Gasteiger partial charge is 0.494 e. The second-order valence-electron chi connectivity index (χ2n) is 8.32. The van der Waals surface area contributed by atoms with Crippen molar-refractivity contribution < 1.29 is 19.2 Å². The lowest BCUT2D eigenvalue weighted by Crippen LogP contribution is -3.15. The third kappa shape index (κ3) is 6.32. The summed E-state index contributed by atoms with van der Waals surface area (Å²) in [5, 5.41) is 5.81. The van der Waals surface area contributed by atoms with Crippen LogP contribution in [0, 0.1) is 11.8 Å². The van der Waals surface area contributed by atoms with Crippen molar-refractivity contribution in [2.45, 2.75) is 27.2 Å². The van der Waals surface area contributed by atoms with Crippen LogP contribution in [-0.2, 0) is 4.79 Å². The molecule has 30 heavy (non-hydrogen) atoms. The first-order valence-corrected chi connectivity index (χ1v) is 10.7. The fourth-order valence-corrected chi connectivity index (χ4v) is 4.21. The fraction of sp³-hybridized carbons (Fsp3) is 0.417. The van der Waals surface area contributed by atoms with E-state index in [0.29, 0.717) is 41.9 Å². The van der Waals surface area contributed by atoms with Crippen LogP contribution in [0.1, 0.15) is 37.6 Å². The fourth-order valence-electron chi connectivity index (χ4n) is 4.21. The number of likely N-dealkylation sites (tertiary alicyclic amines) is 1. The molecule has 2 atom stereocenters. The monoisotopic (exact) mass is 410 g/mol. The minimum atomic E-state index is -0.197. The van der Waals surface area contributed by atoms with Gasteiger partial charge in [-0.25, -0.2) is 0 Å². The second-order valence-corrected chi connectivity index (χ2v) is 8.32. The maximum absolute atomic E-state index is 12.4. The summed E-state index contributed by atoms with van der Waals surface area (Å²) in [6.07, 6.45) is 1.24. The molecule has 1 heterocycles. The second kappa shape index (κ2) is 10.3. The number of carbonyl (C=O) groups is 2. The van der Waals surface area contributed by atoms with E-state index in [1.54, 1.807) is 24.3 Å². The zero-order chi connectivity index (χ0) is 21.5. The van der Waals surface area contributed by atoms with Gasteiger partial charge in [-0.1, -0.05) is 13.8 Å². The molecule has 0 spiro atoms. The first-order valence-electron chi connectivity index (χ1n) is 10.7. The molecule has 0 aromatic heterocycles. The summed E-state index contributed by atoms with van der Waals surface area (Å²) in [5.74, 6) is 1.90. The van der Waals surface area contributed by atoms with Gasteiger partial charge in [-0.15, -0.1) is 0 Å². The first kappa shape index (κ1) is 21.8. The van der Waals surface area contributed by atoms with Crippen molar-refractivity contribution in [3.8, 4) is 5.75 Å². The molecule has 1 saturated heterocycles. The van der Waals surface area contributed by atoms with Crippen molar-refractivity contribution in [3.63, 3.8) is 0 Å². The summed E-state index contributed by atoms with van der Waals surface area (Å²) in [7, 11) is 0. The van der Waals surface area contributed by atoms with Gasteiger partial charge < -0.3 is 20.3 Å². The molecule has 0 saturated carbocycles. The number of quaternary nitrogens is 1. The number of hydrogen-bond acceptors (Lipinski definition) is 3. The van der Waals surface area contributed by atoms with E-state index in [-0.39, 0.29) is 11.8 Å². The Bertz CT molecular complexity index is 839. The van der Waals surface area contributed by atoms with Crippen molar-refractivity contribution in [1.82, 2.24) is 0 Å². The summed E-state index contributed by atoms with van der Waals surface area (Å²) < 4.78 is 5.40. The van der Waals surface area contributed by atoms with E-state index in [1.165, 1.54) is 11.3 Å². The smallest absolute Gasteiger partial charge is 0.279 e. The average Bonchev–Trinajstić information content (AvgIpc) is 2.69. The number of nitrogens with one attached hydrogen (secondary N) is 3. The highest BCUT2D eigenvalue weighted by Crippen LogP contribution is 2.17. The summed E-state index contributed by atoms with van der Waals surface area (Å²) in [6.45, 7) is 9.61. The Kier molecular flexibility index (Phi) is 7.46. The molecule has 0 radical (unpaired) electrons. The van der Waals surface area contributed by atoms with Gasteiger partial charge in [-0.2, -0.15) is 0 Å². The molecule has 6 nitrogen and oxygen atoms in total. The van der Waals surface area contributed by atoms with Gasteiger partial charge in [-0.05, 0) is 61.9 Å². The lowest BCUT2D eigenvalue weighted by molar-refractivity contribution is -0.904. The molecule has 160 valence electrons. The van der Waals surface area contributed by atoms with Crippen LogP contribution >= 0.6 is 0 Å². The quantitative estimate of drug-likeness (QED) is 0.657. The molecule has 2 amide bonds. The van der Waals surface area contributed by atoms with E-state index in [9.17, 15) is 9.59 Å². The normalized spacial score (nSPS) is 21.0. The number of carbonyl (C=O) groups excluding carboxylic acids is 2. The number of benzene rings is 2. The van der Waals surface area contributed by atoms with Crippen LogP contribution in [0.2, 0.25) is 0 Å². The van der Waals surface area contributed by atoms with E-state index >= 15 is 0 Å². The first-order chi connectivity index (χ1) is 14.4. The van der Waals surface area contributed by atoms with Gasteiger partial charge in [0.15, 0.2) is 6.54 Å².